The maximum atomic E-state index is 14.7. The van der Waals surface area contributed by atoms with Gasteiger partial charge in [-0.15, -0.1) is 0 Å². The number of aromatic nitrogens is 1. The number of pyridine rings is 1. The first kappa shape index (κ1) is 22.5. The summed E-state index contributed by atoms with van der Waals surface area (Å²) in [5.74, 6) is -4.31. The van der Waals surface area contributed by atoms with E-state index in [1.54, 1.807) is 0 Å². The SMILES string of the molecule is O=C(O)/C=C/c1cc(F)cnc1Cc1c(F)ccc(F)c1S(=O)(=O)c1ccc(Cl)cc1. The Kier molecular flexibility index (Phi) is 6.47. The molecule has 0 amide bonds. The molecule has 0 unspecified atom stereocenters. The lowest BCUT2D eigenvalue weighted by Gasteiger charge is -2.14. The minimum atomic E-state index is -4.49. The number of carbonyl (C=O) groups is 1. The van der Waals surface area contributed by atoms with Crippen LogP contribution in [0.3, 0.4) is 0 Å². The third-order valence-electron chi connectivity index (χ3n) is 4.27. The van der Waals surface area contributed by atoms with Crippen molar-refractivity contribution in [2.24, 2.45) is 0 Å². The molecule has 0 aliphatic carbocycles. The van der Waals surface area contributed by atoms with Crippen LogP contribution in [0.1, 0.15) is 16.8 Å². The van der Waals surface area contributed by atoms with E-state index in [0.29, 0.717) is 12.1 Å². The van der Waals surface area contributed by atoms with Gasteiger partial charge in [0.2, 0.25) is 9.84 Å². The van der Waals surface area contributed by atoms with Crippen LogP contribution in [0.4, 0.5) is 13.2 Å². The van der Waals surface area contributed by atoms with Gasteiger partial charge in [-0.25, -0.2) is 26.4 Å². The van der Waals surface area contributed by atoms with Crippen molar-refractivity contribution in [3.63, 3.8) is 0 Å². The number of hydrogen-bond acceptors (Lipinski definition) is 4. The number of hydrogen-bond donors (Lipinski definition) is 1. The molecule has 0 aliphatic heterocycles. The molecule has 0 radical (unpaired) electrons. The monoisotopic (exact) mass is 467 g/mol. The van der Waals surface area contributed by atoms with Gasteiger partial charge < -0.3 is 5.11 Å². The topological polar surface area (TPSA) is 84.3 Å². The first-order valence-corrected chi connectivity index (χ1v) is 10.5. The second kappa shape index (κ2) is 8.91. The van der Waals surface area contributed by atoms with Gasteiger partial charge in [-0.05, 0) is 54.1 Å². The van der Waals surface area contributed by atoms with Crippen molar-refractivity contribution < 1.29 is 31.5 Å². The smallest absolute Gasteiger partial charge is 0.328 e. The Morgan fingerprint density at radius 1 is 1.06 bits per heavy atom. The van der Waals surface area contributed by atoms with Crippen molar-refractivity contribution in [3.05, 3.63) is 94.0 Å². The molecule has 0 atom stereocenters. The summed E-state index contributed by atoms with van der Waals surface area (Å²) in [7, 11) is -4.49. The first-order valence-electron chi connectivity index (χ1n) is 8.62. The molecule has 1 aromatic heterocycles. The van der Waals surface area contributed by atoms with Gasteiger partial charge in [0.15, 0.2) is 0 Å². The van der Waals surface area contributed by atoms with Crippen molar-refractivity contribution in [1.29, 1.82) is 0 Å². The van der Waals surface area contributed by atoms with Crippen LogP contribution >= 0.6 is 11.6 Å². The molecule has 0 saturated carbocycles. The van der Waals surface area contributed by atoms with Gasteiger partial charge in [-0.1, -0.05) is 11.6 Å². The lowest BCUT2D eigenvalue weighted by Crippen LogP contribution is -2.12. The van der Waals surface area contributed by atoms with E-state index >= 15 is 0 Å². The Morgan fingerprint density at radius 3 is 2.35 bits per heavy atom. The second-order valence-corrected chi connectivity index (χ2v) is 8.66. The van der Waals surface area contributed by atoms with E-state index in [1.807, 2.05) is 0 Å². The highest BCUT2D eigenvalue weighted by molar-refractivity contribution is 7.91. The number of nitrogens with zero attached hydrogens (tertiary/aromatic N) is 1. The molecule has 31 heavy (non-hydrogen) atoms. The van der Waals surface area contributed by atoms with Crippen LogP contribution in [-0.2, 0) is 21.1 Å². The minimum Gasteiger partial charge on any atom is -0.478 e. The van der Waals surface area contributed by atoms with Gasteiger partial charge in [0, 0.05) is 23.1 Å². The van der Waals surface area contributed by atoms with Gasteiger partial charge in [-0.3, -0.25) is 4.98 Å². The Labute approximate surface area is 180 Å². The van der Waals surface area contributed by atoms with Crippen LogP contribution in [-0.4, -0.2) is 24.5 Å². The third kappa shape index (κ3) is 4.95. The number of halogens is 4. The largest absolute Gasteiger partial charge is 0.478 e. The summed E-state index contributed by atoms with van der Waals surface area (Å²) in [6, 6.07) is 7.30. The molecule has 3 rings (SSSR count). The Morgan fingerprint density at radius 2 is 1.71 bits per heavy atom. The van der Waals surface area contributed by atoms with Gasteiger partial charge in [-0.2, -0.15) is 0 Å². The number of carboxylic acids is 1. The van der Waals surface area contributed by atoms with Crippen molar-refractivity contribution in [2.75, 3.05) is 0 Å². The third-order valence-corrected chi connectivity index (χ3v) is 6.39. The first-order chi connectivity index (χ1) is 14.6. The maximum absolute atomic E-state index is 14.7. The zero-order valence-electron chi connectivity index (χ0n) is 15.5. The highest BCUT2D eigenvalue weighted by atomic mass is 35.5. The maximum Gasteiger partial charge on any atom is 0.328 e. The van der Waals surface area contributed by atoms with E-state index in [1.165, 1.54) is 12.1 Å². The summed E-state index contributed by atoms with van der Waals surface area (Å²) in [5.41, 5.74) is -0.601. The van der Waals surface area contributed by atoms with Crippen LogP contribution in [0.15, 0.2) is 64.5 Å². The van der Waals surface area contributed by atoms with Gasteiger partial charge in [0.1, 0.15) is 22.3 Å². The number of sulfone groups is 1. The molecular weight excluding hydrogens is 455 g/mol. The van der Waals surface area contributed by atoms with Crippen LogP contribution < -0.4 is 0 Å². The molecule has 0 aliphatic rings. The van der Waals surface area contributed by atoms with E-state index in [0.717, 1.165) is 36.5 Å². The van der Waals surface area contributed by atoms with Gasteiger partial charge >= 0.3 is 5.97 Å². The lowest BCUT2D eigenvalue weighted by molar-refractivity contribution is -0.131. The molecule has 0 bridgehead atoms. The number of carboxylic acid groups (broad SMARTS) is 1. The summed E-state index contributed by atoms with van der Waals surface area (Å²) < 4.78 is 69.1. The molecule has 5 nitrogen and oxygen atoms in total. The minimum absolute atomic E-state index is 0.0269. The molecule has 0 saturated heterocycles. The molecule has 10 heteroatoms. The molecular formula is C21H13ClF3NO4S. The lowest BCUT2D eigenvalue weighted by atomic mass is 10.0. The van der Waals surface area contributed by atoms with E-state index in [9.17, 15) is 26.4 Å². The second-order valence-electron chi connectivity index (χ2n) is 6.33. The molecule has 0 spiro atoms. The van der Waals surface area contributed by atoms with E-state index in [-0.39, 0.29) is 21.2 Å². The number of aliphatic carboxylic acids is 1. The van der Waals surface area contributed by atoms with Crippen molar-refractivity contribution in [1.82, 2.24) is 4.98 Å². The zero-order chi connectivity index (χ0) is 22.8. The van der Waals surface area contributed by atoms with E-state index < -0.39 is 50.1 Å². The molecule has 1 N–H and O–H groups in total. The average molecular weight is 468 g/mol. The van der Waals surface area contributed by atoms with Crippen LogP contribution in [0, 0.1) is 17.5 Å². The van der Waals surface area contributed by atoms with Gasteiger partial charge in [0.05, 0.1) is 16.8 Å². The fourth-order valence-corrected chi connectivity index (χ4v) is 4.54. The highest BCUT2D eigenvalue weighted by Crippen LogP contribution is 2.31. The zero-order valence-corrected chi connectivity index (χ0v) is 17.1. The summed E-state index contributed by atoms with van der Waals surface area (Å²) in [4.78, 5) is 13.4. The molecule has 3 aromatic rings. The number of rotatable bonds is 6. The predicted octanol–water partition coefficient (Wildman–Crippen LogP) is 4.67. The molecule has 1 heterocycles. The predicted molar refractivity (Wildman–Crippen MR) is 107 cm³/mol. The quantitative estimate of drug-likeness (QED) is 0.532. The average Bonchev–Trinajstić information content (AvgIpc) is 2.70. The summed E-state index contributed by atoms with van der Waals surface area (Å²) in [6.07, 6.45) is 2.01. The van der Waals surface area contributed by atoms with Crippen molar-refractivity contribution >= 4 is 33.5 Å². The normalized spacial score (nSPS) is 11.7. The number of benzene rings is 2. The molecule has 160 valence electrons. The van der Waals surface area contributed by atoms with E-state index in [2.05, 4.69) is 4.98 Å². The van der Waals surface area contributed by atoms with Gasteiger partial charge in [0.25, 0.3) is 0 Å². The van der Waals surface area contributed by atoms with Crippen LogP contribution in [0.25, 0.3) is 6.08 Å². The standard InChI is InChI=1S/C21H13ClF3NO4S/c22-13-2-4-15(5-3-13)31(29,30)21-16(17(24)6-7-18(21)25)10-19-12(1-8-20(27)28)9-14(23)11-26-19/h1-9,11H,10H2,(H,27,28)/b8-1+. The summed E-state index contributed by atoms with van der Waals surface area (Å²) in [6.45, 7) is 0. The fraction of sp³-hybridized carbons (Fsp3) is 0.0476. The highest BCUT2D eigenvalue weighted by Gasteiger charge is 2.28. The Hall–Kier alpha value is -3.17. The van der Waals surface area contributed by atoms with Crippen molar-refractivity contribution in [3.8, 4) is 0 Å². The summed E-state index contributed by atoms with van der Waals surface area (Å²) in [5, 5.41) is 9.06. The Balaban J connectivity index is 2.18. The Bertz CT molecular complexity index is 1290. The molecule has 2 aromatic carbocycles. The van der Waals surface area contributed by atoms with E-state index in [4.69, 9.17) is 16.7 Å². The molecule has 0 fully saturated rings. The van der Waals surface area contributed by atoms with Crippen LogP contribution in [0.5, 0.6) is 0 Å². The summed E-state index contributed by atoms with van der Waals surface area (Å²) >= 11 is 5.77. The van der Waals surface area contributed by atoms with Crippen molar-refractivity contribution in [2.45, 2.75) is 16.2 Å². The fourth-order valence-electron chi connectivity index (χ4n) is 2.87. The van der Waals surface area contributed by atoms with Crippen LogP contribution in [0.2, 0.25) is 5.02 Å².